The fourth-order valence-electron chi connectivity index (χ4n) is 4.76. The number of fused-ring (bicyclic) bond motifs is 1. The number of carbonyl (C=O) groups excluding carboxylic acids is 1. The van der Waals surface area contributed by atoms with Crippen LogP contribution in [-0.2, 0) is 11.3 Å². The van der Waals surface area contributed by atoms with E-state index in [9.17, 15) is 4.79 Å². The zero-order valence-corrected chi connectivity index (χ0v) is 17.1. The van der Waals surface area contributed by atoms with Crippen LogP contribution in [0.2, 0.25) is 5.02 Å². The number of carbonyl (C=O) groups is 1. The van der Waals surface area contributed by atoms with Crippen LogP contribution in [0.4, 0.5) is 0 Å². The number of ether oxygens (including phenoxy) is 1. The maximum atomic E-state index is 12.6. The molecule has 28 heavy (non-hydrogen) atoms. The summed E-state index contributed by atoms with van der Waals surface area (Å²) in [7, 11) is 0. The molecule has 4 rings (SSSR count). The number of halogens is 1. The highest BCUT2D eigenvalue weighted by atomic mass is 35.5. The summed E-state index contributed by atoms with van der Waals surface area (Å²) in [5, 5.41) is 12.4. The predicted molar refractivity (Wildman–Crippen MR) is 107 cm³/mol. The van der Waals surface area contributed by atoms with E-state index in [2.05, 4.69) is 22.6 Å². The minimum absolute atomic E-state index is 0.0121. The minimum Gasteiger partial charge on any atom is -0.375 e. The lowest BCUT2D eigenvalue weighted by Crippen LogP contribution is -2.37. The molecule has 2 saturated carbocycles. The molecular formula is C21H27ClN4O2. The molecular weight excluding hydrogens is 376 g/mol. The van der Waals surface area contributed by atoms with Gasteiger partial charge in [-0.25, -0.2) is 4.68 Å². The van der Waals surface area contributed by atoms with Crippen molar-refractivity contribution in [3.05, 3.63) is 46.7 Å². The lowest BCUT2D eigenvalue weighted by Gasteiger charge is -2.21. The van der Waals surface area contributed by atoms with Gasteiger partial charge in [0.1, 0.15) is 5.69 Å². The fourth-order valence-corrected chi connectivity index (χ4v) is 4.89. The number of nitrogens with zero attached hydrogens (tertiary/aromatic N) is 3. The summed E-state index contributed by atoms with van der Waals surface area (Å²) in [6, 6.07) is 7.71. The first kappa shape index (κ1) is 19.4. The third-order valence-corrected chi connectivity index (χ3v) is 6.45. The Morgan fingerprint density at radius 1 is 1.29 bits per heavy atom. The van der Waals surface area contributed by atoms with E-state index < -0.39 is 0 Å². The van der Waals surface area contributed by atoms with Gasteiger partial charge in [-0.05, 0) is 68.2 Å². The molecule has 2 aromatic rings. The number of hydrogen-bond donors (Lipinski definition) is 1. The van der Waals surface area contributed by atoms with Crippen LogP contribution in [0.1, 0.15) is 55.2 Å². The Bertz CT molecular complexity index is 810. The van der Waals surface area contributed by atoms with E-state index in [0.29, 0.717) is 47.6 Å². The van der Waals surface area contributed by atoms with Crippen LogP contribution >= 0.6 is 11.6 Å². The number of rotatable bonds is 8. The lowest BCUT2D eigenvalue weighted by molar-refractivity contribution is 0.0926. The van der Waals surface area contributed by atoms with Gasteiger partial charge in [-0.3, -0.25) is 4.79 Å². The summed E-state index contributed by atoms with van der Waals surface area (Å²) in [5.74, 6) is 1.89. The van der Waals surface area contributed by atoms with Crippen molar-refractivity contribution < 1.29 is 9.53 Å². The van der Waals surface area contributed by atoms with Crippen LogP contribution in [-0.4, -0.2) is 33.5 Å². The second-order valence-electron chi connectivity index (χ2n) is 7.85. The summed E-state index contributed by atoms with van der Waals surface area (Å²) in [4.78, 5) is 12.6. The van der Waals surface area contributed by atoms with Crippen LogP contribution in [0.5, 0.6) is 0 Å². The predicted octanol–water partition coefficient (Wildman–Crippen LogP) is 3.87. The van der Waals surface area contributed by atoms with Crippen molar-refractivity contribution in [1.29, 1.82) is 0 Å². The largest absolute Gasteiger partial charge is 0.375 e. The monoisotopic (exact) mass is 402 g/mol. The first-order chi connectivity index (χ1) is 13.6. The molecule has 0 aliphatic heterocycles. The van der Waals surface area contributed by atoms with Crippen LogP contribution in [0.15, 0.2) is 30.5 Å². The van der Waals surface area contributed by atoms with Crippen molar-refractivity contribution >= 4 is 17.5 Å². The van der Waals surface area contributed by atoms with Crippen LogP contribution < -0.4 is 5.32 Å². The van der Waals surface area contributed by atoms with Gasteiger partial charge in [0.05, 0.1) is 18.8 Å². The molecule has 0 bridgehead atoms. The molecule has 1 amide bonds. The normalized spacial score (nSPS) is 26.7. The topological polar surface area (TPSA) is 69.0 Å². The zero-order valence-electron chi connectivity index (χ0n) is 16.3. The lowest BCUT2D eigenvalue weighted by atomic mass is 9.99. The minimum atomic E-state index is -0.0121. The Hall–Kier alpha value is -1.92. The summed E-state index contributed by atoms with van der Waals surface area (Å²) in [6.07, 6.45) is 5.18. The van der Waals surface area contributed by atoms with Gasteiger partial charge in [-0.1, -0.05) is 23.7 Å². The zero-order chi connectivity index (χ0) is 19.7. The Kier molecular flexibility index (Phi) is 5.69. The van der Waals surface area contributed by atoms with Crippen LogP contribution in [0.25, 0.3) is 0 Å². The van der Waals surface area contributed by atoms with E-state index in [1.807, 2.05) is 17.8 Å². The smallest absolute Gasteiger partial charge is 0.251 e. The average molecular weight is 403 g/mol. The maximum absolute atomic E-state index is 12.6. The summed E-state index contributed by atoms with van der Waals surface area (Å²) >= 11 is 5.91. The molecule has 2 aliphatic rings. The van der Waals surface area contributed by atoms with Gasteiger partial charge in [0.25, 0.3) is 5.91 Å². The molecule has 2 fully saturated rings. The Morgan fingerprint density at radius 3 is 2.64 bits per heavy atom. The molecule has 0 radical (unpaired) electrons. The number of aromatic nitrogens is 3. The van der Waals surface area contributed by atoms with Crippen molar-refractivity contribution in [1.82, 2.24) is 20.3 Å². The number of nitrogens with one attached hydrogen (secondary N) is 1. The van der Waals surface area contributed by atoms with Gasteiger partial charge in [0.15, 0.2) is 0 Å². The number of hydrogen-bond acceptors (Lipinski definition) is 4. The molecule has 6 nitrogen and oxygen atoms in total. The third kappa shape index (κ3) is 3.94. The molecule has 0 spiro atoms. The molecule has 1 aromatic carbocycles. The van der Waals surface area contributed by atoms with E-state index >= 15 is 0 Å². The number of amides is 1. The quantitative estimate of drug-likeness (QED) is 0.727. The van der Waals surface area contributed by atoms with Crippen molar-refractivity contribution in [3.63, 3.8) is 0 Å². The van der Waals surface area contributed by atoms with Gasteiger partial charge in [0, 0.05) is 23.2 Å². The number of benzene rings is 1. The molecule has 5 atom stereocenters. The van der Waals surface area contributed by atoms with E-state index in [0.717, 1.165) is 25.0 Å². The average Bonchev–Trinajstić information content (AvgIpc) is 3.06. The highest BCUT2D eigenvalue weighted by Crippen LogP contribution is 2.62. The first-order valence-electron chi connectivity index (χ1n) is 10.2. The standard InChI is InChI=1S/C21H27ClN4O2/c1-3-19(23-21(27)13-5-7-14(22)8-6-13)20-17-9-16(10-18(17)20)26-11-15(24-25-26)12-28-4-2/h5-8,11,16-20H,3-4,9-10,12H2,1-2H3,(H,23,27)/t16-,17+,18-,19?,20-. The van der Waals surface area contributed by atoms with E-state index in [-0.39, 0.29) is 11.9 Å². The van der Waals surface area contributed by atoms with Gasteiger partial charge < -0.3 is 10.1 Å². The second-order valence-corrected chi connectivity index (χ2v) is 8.29. The third-order valence-electron chi connectivity index (χ3n) is 6.20. The first-order valence-corrected chi connectivity index (χ1v) is 10.5. The highest BCUT2D eigenvalue weighted by Gasteiger charge is 2.59. The Morgan fingerprint density at radius 2 is 2.00 bits per heavy atom. The fraction of sp³-hybridized carbons (Fsp3) is 0.571. The van der Waals surface area contributed by atoms with Crippen molar-refractivity contribution in [2.45, 2.75) is 51.8 Å². The highest BCUT2D eigenvalue weighted by molar-refractivity contribution is 6.30. The summed E-state index contributed by atoms with van der Waals surface area (Å²) in [6.45, 7) is 5.33. The van der Waals surface area contributed by atoms with Gasteiger partial charge >= 0.3 is 0 Å². The van der Waals surface area contributed by atoms with Crippen molar-refractivity contribution in [2.24, 2.45) is 17.8 Å². The molecule has 150 valence electrons. The van der Waals surface area contributed by atoms with Gasteiger partial charge in [-0.15, -0.1) is 5.10 Å². The molecule has 7 heteroatoms. The van der Waals surface area contributed by atoms with Crippen LogP contribution in [0.3, 0.4) is 0 Å². The molecule has 1 unspecified atom stereocenters. The van der Waals surface area contributed by atoms with Crippen molar-refractivity contribution in [2.75, 3.05) is 6.61 Å². The Labute approximate surface area is 170 Å². The van der Waals surface area contributed by atoms with E-state index in [4.69, 9.17) is 16.3 Å². The van der Waals surface area contributed by atoms with Gasteiger partial charge in [0.2, 0.25) is 0 Å². The van der Waals surface area contributed by atoms with Crippen LogP contribution in [0, 0.1) is 17.8 Å². The van der Waals surface area contributed by atoms with E-state index in [1.54, 1.807) is 24.3 Å². The van der Waals surface area contributed by atoms with Gasteiger partial charge in [-0.2, -0.15) is 0 Å². The molecule has 1 aromatic heterocycles. The molecule has 2 aliphatic carbocycles. The van der Waals surface area contributed by atoms with Crippen molar-refractivity contribution in [3.8, 4) is 0 Å². The van der Waals surface area contributed by atoms with E-state index in [1.165, 1.54) is 0 Å². The Balaban J connectivity index is 1.32. The summed E-state index contributed by atoms with van der Waals surface area (Å²) in [5.41, 5.74) is 1.55. The molecule has 1 N–H and O–H groups in total. The molecule has 1 heterocycles. The maximum Gasteiger partial charge on any atom is 0.251 e. The SMILES string of the molecule is CCOCc1cn([C@H]2C[C@@H]3[C@H](C2)[C@H]3C(CC)NC(=O)c2ccc(Cl)cc2)nn1. The molecule has 0 saturated heterocycles. The summed E-state index contributed by atoms with van der Waals surface area (Å²) < 4.78 is 7.41. The second kappa shape index (κ2) is 8.21.